The number of nitrogens with zero attached hydrogens (tertiary/aromatic N) is 1. The van der Waals surface area contributed by atoms with Crippen LogP contribution in [0.3, 0.4) is 0 Å². The van der Waals surface area contributed by atoms with Crippen molar-refractivity contribution in [3.8, 4) is 0 Å². The number of aromatic nitrogens is 1. The Morgan fingerprint density at radius 2 is 2.00 bits per heavy atom. The van der Waals surface area contributed by atoms with Gasteiger partial charge in [-0.1, -0.05) is 20.8 Å². The molecule has 1 atom stereocenters. The number of hydrogen-bond donors (Lipinski definition) is 2. The molecule has 1 aromatic heterocycles. The van der Waals surface area contributed by atoms with E-state index in [-0.39, 0.29) is 36.6 Å². The highest BCUT2D eigenvalue weighted by molar-refractivity contribution is 7.09. The van der Waals surface area contributed by atoms with Crippen molar-refractivity contribution in [3.05, 3.63) is 16.1 Å². The fourth-order valence-electron chi connectivity index (χ4n) is 1.59. The molecule has 0 aliphatic heterocycles. The average Bonchev–Trinajstić information content (AvgIpc) is 2.78. The molecule has 0 radical (unpaired) electrons. The van der Waals surface area contributed by atoms with Gasteiger partial charge in [-0.2, -0.15) is 0 Å². The van der Waals surface area contributed by atoms with Crippen LogP contribution in [0.1, 0.15) is 37.4 Å². The van der Waals surface area contributed by atoms with E-state index in [9.17, 15) is 4.79 Å². The maximum Gasteiger partial charge on any atom is 0.224 e. The van der Waals surface area contributed by atoms with Crippen LogP contribution in [0.15, 0.2) is 5.38 Å². The maximum absolute atomic E-state index is 11.7. The summed E-state index contributed by atoms with van der Waals surface area (Å²) in [6.45, 7) is 7.58. The highest BCUT2D eigenvalue weighted by atomic mass is 35.5. The van der Waals surface area contributed by atoms with Crippen molar-refractivity contribution in [2.45, 2.75) is 33.1 Å². The maximum atomic E-state index is 11.7. The fraction of sp³-hybridized carbons (Fsp3) is 0.692. The van der Waals surface area contributed by atoms with Gasteiger partial charge in [-0.15, -0.1) is 36.2 Å². The van der Waals surface area contributed by atoms with Crippen LogP contribution >= 0.6 is 36.2 Å². The first-order valence-electron chi connectivity index (χ1n) is 6.41. The number of rotatable bonds is 7. The highest BCUT2D eigenvalue weighted by Crippen LogP contribution is 2.19. The number of carbonyl (C=O) groups excluding carboxylic acids is 1. The summed E-state index contributed by atoms with van der Waals surface area (Å²) in [5.74, 6) is 0.592. The second kappa shape index (κ2) is 11.3. The molecule has 0 aliphatic carbocycles. The summed E-state index contributed by atoms with van der Waals surface area (Å²) in [4.78, 5) is 16.2. The molecule has 4 nitrogen and oxygen atoms in total. The predicted molar refractivity (Wildman–Crippen MR) is 90.5 cm³/mol. The number of amides is 1. The van der Waals surface area contributed by atoms with Crippen LogP contribution in [0.2, 0.25) is 0 Å². The number of thiazole rings is 1. The van der Waals surface area contributed by atoms with Crippen molar-refractivity contribution < 1.29 is 4.79 Å². The van der Waals surface area contributed by atoms with E-state index in [0.29, 0.717) is 19.0 Å². The zero-order valence-corrected chi connectivity index (χ0v) is 14.9. The lowest BCUT2D eigenvalue weighted by Gasteiger charge is -2.10. The Kier molecular flexibility index (Phi) is 12.4. The van der Waals surface area contributed by atoms with E-state index in [1.54, 1.807) is 11.3 Å². The summed E-state index contributed by atoms with van der Waals surface area (Å²) in [7, 11) is 1.85. The van der Waals surface area contributed by atoms with E-state index >= 15 is 0 Å². The molecule has 7 heteroatoms. The van der Waals surface area contributed by atoms with E-state index in [1.807, 2.05) is 14.0 Å². The lowest BCUT2D eigenvalue weighted by molar-refractivity contribution is -0.124. The fourth-order valence-corrected chi connectivity index (χ4v) is 2.46. The van der Waals surface area contributed by atoms with Gasteiger partial charge in [-0.25, -0.2) is 4.98 Å². The van der Waals surface area contributed by atoms with Gasteiger partial charge in [0.05, 0.1) is 10.7 Å². The van der Waals surface area contributed by atoms with E-state index in [2.05, 4.69) is 34.8 Å². The van der Waals surface area contributed by atoms with Gasteiger partial charge in [-0.05, 0) is 7.05 Å². The number of nitrogens with one attached hydrogen (secondary N) is 2. The molecule has 0 aliphatic rings. The van der Waals surface area contributed by atoms with Gasteiger partial charge in [0, 0.05) is 36.7 Å². The molecule has 0 spiro atoms. The minimum absolute atomic E-state index is 0. The molecule has 0 saturated carbocycles. The van der Waals surface area contributed by atoms with E-state index in [1.165, 1.54) is 5.01 Å². The predicted octanol–water partition coefficient (Wildman–Crippen LogP) is 2.62. The van der Waals surface area contributed by atoms with Crippen LogP contribution < -0.4 is 10.6 Å². The Hall–Kier alpha value is -0.360. The second-order valence-corrected chi connectivity index (χ2v) is 5.72. The largest absolute Gasteiger partial charge is 0.355 e. The van der Waals surface area contributed by atoms with Gasteiger partial charge < -0.3 is 10.6 Å². The molecule has 1 rings (SSSR count). The van der Waals surface area contributed by atoms with Crippen LogP contribution in [0, 0.1) is 5.92 Å². The Labute approximate surface area is 138 Å². The molecule has 0 aromatic carbocycles. The van der Waals surface area contributed by atoms with Crippen LogP contribution in [-0.4, -0.2) is 31.0 Å². The molecule has 2 N–H and O–H groups in total. The standard InChI is InChI=1S/C13H23N3OS.2ClH/c1-9(2)13-16-11(8-18-13)5-6-15-12(17)10(3)7-14-4;;/h8-10,14H,5-7H2,1-4H3,(H,15,17);2*1H. The van der Waals surface area contributed by atoms with Crippen LogP contribution in [-0.2, 0) is 11.2 Å². The minimum Gasteiger partial charge on any atom is -0.355 e. The van der Waals surface area contributed by atoms with E-state index in [0.717, 1.165) is 12.1 Å². The summed E-state index contributed by atoms with van der Waals surface area (Å²) in [5.41, 5.74) is 1.07. The molecule has 1 heterocycles. The van der Waals surface area contributed by atoms with Crippen molar-refractivity contribution in [2.75, 3.05) is 20.1 Å². The lowest BCUT2D eigenvalue weighted by Crippen LogP contribution is -2.35. The summed E-state index contributed by atoms with van der Waals surface area (Å²) >= 11 is 1.70. The topological polar surface area (TPSA) is 54.0 Å². The van der Waals surface area contributed by atoms with Gasteiger partial charge in [0.15, 0.2) is 0 Å². The zero-order valence-electron chi connectivity index (χ0n) is 12.4. The third kappa shape index (κ3) is 7.43. The molecule has 1 amide bonds. The Balaban J connectivity index is 0. The lowest BCUT2D eigenvalue weighted by atomic mass is 10.1. The summed E-state index contributed by atoms with van der Waals surface area (Å²) in [6, 6.07) is 0. The van der Waals surface area contributed by atoms with Gasteiger partial charge in [0.2, 0.25) is 5.91 Å². The highest BCUT2D eigenvalue weighted by Gasteiger charge is 2.11. The van der Waals surface area contributed by atoms with Gasteiger partial charge in [-0.3, -0.25) is 4.79 Å². The first-order valence-corrected chi connectivity index (χ1v) is 7.29. The summed E-state index contributed by atoms with van der Waals surface area (Å²) in [6.07, 6.45) is 0.807. The van der Waals surface area contributed by atoms with Crippen molar-refractivity contribution in [1.82, 2.24) is 15.6 Å². The normalized spacial score (nSPS) is 11.4. The zero-order chi connectivity index (χ0) is 13.5. The third-order valence-corrected chi connectivity index (χ3v) is 3.90. The van der Waals surface area contributed by atoms with Gasteiger partial charge >= 0.3 is 0 Å². The molecule has 0 bridgehead atoms. The Morgan fingerprint density at radius 1 is 1.35 bits per heavy atom. The molecule has 1 aromatic rings. The van der Waals surface area contributed by atoms with E-state index < -0.39 is 0 Å². The van der Waals surface area contributed by atoms with Crippen molar-refractivity contribution in [1.29, 1.82) is 0 Å². The quantitative estimate of drug-likeness (QED) is 0.801. The number of hydrogen-bond acceptors (Lipinski definition) is 4. The molecular weight excluding hydrogens is 317 g/mol. The molecule has 0 fully saturated rings. The molecular formula is C13H25Cl2N3OS. The summed E-state index contributed by atoms with van der Waals surface area (Å²) < 4.78 is 0. The van der Waals surface area contributed by atoms with E-state index in [4.69, 9.17) is 0 Å². The average molecular weight is 342 g/mol. The molecule has 1 unspecified atom stereocenters. The van der Waals surface area contributed by atoms with Gasteiger partial charge in [0.25, 0.3) is 0 Å². The summed E-state index contributed by atoms with van der Waals surface area (Å²) in [5, 5.41) is 9.19. The Bertz CT molecular complexity index is 385. The Morgan fingerprint density at radius 3 is 2.50 bits per heavy atom. The molecule has 20 heavy (non-hydrogen) atoms. The SMILES string of the molecule is CNCC(C)C(=O)NCCc1csc(C(C)C)n1.Cl.Cl. The van der Waals surface area contributed by atoms with Crippen molar-refractivity contribution in [2.24, 2.45) is 5.92 Å². The van der Waals surface area contributed by atoms with Crippen LogP contribution in [0.25, 0.3) is 0 Å². The van der Waals surface area contributed by atoms with Crippen LogP contribution in [0.5, 0.6) is 0 Å². The number of carbonyl (C=O) groups is 1. The van der Waals surface area contributed by atoms with Crippen molar-refractivity contribution in [3.63, 3.8) is 0 Å². The molecule has 0 saturated heterocycles. The minimum atomic E-state index is 0. The smallest absolute Gasteiger partial charge is 0.224 e. The number of halogens is 2. The van der Waals surface area contributed by atoms with Crippen LogP contribution in [0.4, 0.5) is 0 Å². The first-order chi connectivity index (χ1) is 8.54. The molecule has 118 valence electrons. The third-order valence-electron chi connectivity index (χ3n) is 2.70. The van der Waals surface area contributed by atoms with Gasteiger partial charge in [0.1, 0.15) is 0 Å². The first kappa shape index (κ1) is 21.9. The second-order valence-electron chi connectivity index (χ2n) is 4.83. The monoisotopic (exact) mass is 341 g/mol. The van der Waals surface area contributed by atoms with Crippen molar-refractivity contribution >= 4 is 42.1 Å².